The standard InChI is InChI=1S/C12H18N2O4S/c1-8-2-4-9(5-3-8)18-12(15)11-6-10(7-14-11)19(13,16)17/h6-9,14H,2-5H2,1H3,(H2,13,16,17). The fraction of sp³-hybridized carbons (Fsp3) is 0.583. The SMILES string of the molecule is CC1CCC(OC(=O)c2cc(S(N)(=O)=O)c[nH]2)CC1. The van der Waals surface area contributed by atoms with Gasteiger partial charge in [0.15, 0.2) is 0 Å². The van der Waals surface area contributed by atoms with E-state index in [9.17, 15) is 13.2 Å². The molecule has 0 atom stereocenters. The maximum atomic E-state index is 11.8. The highest BCUT2D eigenvalue weighted by atomic mass is 32.2. The zero-order valence-corrected chi connectivity index (χ0v) is 11.6. The Kier molecular flexibility index (Phi) is 3.96. The summed E-state index contributed by atoms with van der Waals surface area (Å²) in [6.45, 7) is 2.18. The number of hydrogen-bond donors (Lipinski definition) is 2. The first kappa shape index (κ1) is 14.1. The third-order valence-corrected chi connectivity index (χ3v) is 4.33. The monoisotopic (exact) mass is 286 g/mol. The smallest absolute Gasteiger partial charge is 0.355 e. The first-order valence-electron chi connectivity index (χ1n) is 6.28. The molecule has 1 aromatic rings. The van der Waals surface area contributed by atoms with Crippen LogP contribution in [0.4, 0.5) is 0 Å². The van der Waals surface area contributed by atoms with Gasteiger partial charge >= 0.3 is 5.97 Å². The Bertz CT molecular complexity index is 556. The van der Waals surface area contributed by atoms with Gasteiger partial charge in [0.25, 0.3) is 0 Å². The fourth-order valence-corrected chi connectivity index (χ4v) is 2.72. The van der Waals surface area contributed by atoms with Crippen LogP contribution in [-0.4, -0.2) is 25.5 Å². The van der Waals surface area contributed by atoms with Gasteiger partial charge in [-0.1, -0.05) is 6.92 Å². The summed E-state index contributed by atoms with van der Waals surface area (Å²) in [5.74, 6) is 0.142. The van der Waals surface area contributed by atoms with Crippen LogP contribution in [0.2, 0.25) is 0 Å². The van der Waals surface area contributed by atoms with Crippen LogP contribution in [0, 0.1) is 5.92 Å². The number of hydrogen-bond acceptors (Lipinski definition) is 4. The van der Waals surface area contributed by atoms with E-state index >= 15 is 0 Å². The van der Waals surface area contributed by atoms with E-state index in [1.165, 1.54) is 12.3 Å². The van der Waals surface area contributed by atoms with E-state index in [0.717, 1.165) is 25.7 Å². The molecule has 0 saturated heterocycles. The maximum Gasteiger partial charge on any atom is 0.355 e. The summed E-state index contributed by atoms with van der Waals surface area (Å²) in [4.78, 5) is 14.3. The van der Waals surface area contributed by atoms with Crippen molar-refractivity contribution in [2.75, 3.05) is 0 Å². The first-order chi connectivity index (χ1) is 8.86. The van der Waals surface area contributed by atoms with Gasteiger partial charge in [-0.05, 0) is 37.7 Å². The highest BCUT2D eigenvalue weighted by Gasteiger charge is 2.23. The molecule has 1 fully saturated rings. The van der Waals surface area contributed by atoms with E-state index in [2.05, 4.69) is 11.9 Å². The van der Waals surface area contributed by atoms with Crippen molar-refractivity contribution < 1.29 is 17.9 Å². The van der Waals surface area contributed by atoms with Crippen molar-refractivity contribution in [3.63, 3.8) is 0 Å². The number of sulfonamides is 1. The van der Waals surface area contributed by atoms with Crippen molar-refractivity contribution >= 4 is 16.0 Å². The molecule has 19 heavy (non-hydrogen) atoms. The predicted molar refractivity (Wildman–Crippen MR) is 69.0 cm³/mol. The first-order valence-corrected chi connectivity index (χ1v) is 7.83. The lowest BCUT2D eigenvalue weighted by Crippen LogP contribution is -2.23. The van der Waals surface area contributed by atoms with Crippen molar-refractivity contribution in [3.8, 4) is 0 Å². The van der Waals surface area contributed by atoms with Gasteiger partial charge in [0.1, 0.15) is 16.7 Å². The number of nitrogens with one attached hydrogen (secondary N) is 1. The van der Waals surface area contributed by atoms with Crippen molar-refractivity contribution in [1.29, 1.82) is 0 Å². The number of ether oxygens (including phenoxy) is 1. The molecular formula is C12H18N2O4S. The fourth-order valence-electron chi connectivity index (χ4n) is 2.22. The van der Waals surface area contributed by atoms with Gasteiger partial charge in [0.05, 0.1) is 0 Å². The summed E-state index contributed by atoms with van der Waals surface area (Å²) in [6, 6.07) is 1.20. The predicted octanol–water partition coefficient (Wildman–Crippen LogP) is 1.40. The molecule has 0 bridgehead atoms. The number of rotatable bonds is 3. The van der Waals surface area contributed by atoms with Crippen LogP contribution in [0.3, 0.4) is 0 Å². The van der Waals surface area contributed by atoms with Gasteiger partial charge in [-0.25, -0.2) is 18.4 Å². The molecule has 1 aromatic heterocycles. The zero-order valence-electron chi connectivity index (χ0n) is 10.8. The maximum absolute atomic E-state index is 11.8. The van der Waals surface area contributed by atoms with Crippen LogP contribution in [0.5, 0.6) is 0 Å². The minimum absolute atomic E-state index is 0.0788. The molecule has 1 aliphatic carbocycles. The van der Waals surface area contributed by atoms with Gasteiger partial charge in [-0.2, -0.15) is 0 Å². The van der Waals surface area contributed by atoms with Gasteiger partial charge < -0.3 is 9.72 Å². The summed E-state index contributed by atoms with van der Waals surface area (Å²) in [6.07, 6.45) is 4.92. The van der Waals surface area contributed by atoms with Crippen molar-refractivity contribution in [1.82, 2.24) is 4.98 Å². The lowest BCUT2D eigenvalue weighted by molar-refractivity contribution is 0.0168. The normalized spacial score (nSPS) is 24.1. The van der Waals surface area contributed by atoms with E-state index in [1.54, 1.807) is 0 Å². The second-order valence-electron chi connectivity index (χ2n) is 5.08. The highest BCUT2D eigenvalue weighted by molar-refractivity contribution is 7.89. The third-order valence-electron chi connectivity index (χ3n) is 3.44. The average molecular weight is 286 g/mol. The van der Waals surface area contributed by atoms with E-state index in [4.69, 9.17) is 9.88 Å². The van der Waals surface area contributed by atoms with Crippen LogP contribution >= 0.6 is 0 Å². The number of aromatic nitrogens is 1. The van der Waals surface area contributed by atoms with E-state index in [1.807, 2.05) is 0 Å². The van der Waals surface area contributed by atoms with Crippen LogP contribution in [0.25, 0.3) is 0 Å². The number of primary sulfonamides is 1. The molecular weight excluding hydrogens is 268 g/mol. The summed E-state index contributed by atoms with van der Waals surface area (Å²) >= 11 is 0. The molecule has 6 nitrogen and oxygen atoms in total. The molecule has 7 heteroatoms. The lowest BCUT2D eigenvalue weighted by atomic mass is 9.89. The Labute approximate surface area is 112 Å². The molecule has 0 aliphatic heterocycles. The summed E-state index contributed by atoms with van der Waals surface area (Å²) in [7, 11) is -3.79. The summed E-state index contributed by atoms with van der Waals surface area (Å²) in [5.41, 5.74) is 0.114. The topological polar surface area (TPSA) is 102 Å². The zero-order chi connectivity index (χ0) is 14.0. The molecule has 0 aromatic carbocycles. The highest BCUT2D eigenvalue weighted by Crippen LogP contribution is 2.26. The Balaban J connectivity index is 1.99. The van der Waals surface area contributed by atoms with Crippen molar-refractivity contribution in [2.45, 2.75) is 43.6 Å². The van der Waals surface area contributed by atoms with E-state index in [-0.39, 0.29) is 16.7 Å². The molecule has 0 spiro atoms. The number of aromatic amines is 1. The second-order valence-corrected chi connectivity index (χ2v) is 6.64. The second kappa shape index (κ2) is 5.34. The quantitative estimate of drug-likeness (QED) is 0.820. The Hall–Kier alpha value is -1.34. The molecule has 0 radical (unpaired) electrons. The van der Waals surface area contributed by atoms with Crippen LogP contribution < -0.4 is 5.14 Å². The number of H-pyrrole nitrogens is 1. The molecule has 1 aliphatic rings. The van der Waals surface area contributed by atoms with Crippen LogP contribution in [0.15, 0.2) is 17.2 Å². The number of carbonyl (C=O) groups is 1. The van der Waals surface area contributed by atoms with E-state index in [0.29, 0.717) is 5.92 Å². The van der Waals surface area contributed by atoms with Crippen LogP contribution in [-0.2, 0) is 14.8 Å². The Morgan fingerprint density at radius 1 is 1.37 bits per heavy atom. The number of carbonyl (C=O) groups excluding carboxylic acids is 1. The lowest BCUT2D eigenvalue weighted by Gasteiger charge is -2.25. The molecule has 0 unspecified atom stereocenters. The minimum Gasteiger partial charge on any atom is -0.458 e. The van der Waals surface area contributed by atoms with Gasteiger partial charge in [-0.15, -0.1) is 0 Å². The molecule has 106 valence electrons. The van der Waals surface area contributed by atoms with Crippen molar-refractivity contribution in [2.24, 2.45) is 11.1 Å². The minimum atomic E-state index is -3.79. The molecule has 0 amide bonds. The Morgan fingerprint density at radius 3 is 2.53 bits per heavy atom. The number of esters is 1. The number of nitrogens with two attached hydrogens (primary N) is 1. The summed E-state index contributed by atoms with van der Waals surface area (Å²) in [5, 5.41) is 4.97. The third kappa shape index (κ3) is 3.57. The van der Waals surface area contributed by atoms with E-state index < -0.39 is 16.0 Å². The molecule has 3 N–H and O–H groups in total. The molecule has 1 heterocycles. The largest absolute Gasteiger partial charge is 0.458 e. The average Bonchev–Trinajstić information content (AvgIpc) is 2.81. The van der Waals surface area contributed by atoms with Crippen molar-refractivity contribution in [3.05, 3.63) is 18.0 Å². The summed E-state index contributed by atoms with van der Waals surface area (Å²) < 4.78 is 27.5. The van der Waals surface area contributed by atoms with Crippen LogP contribution in [0.1, 0.15) is 43.1 Å². The molecule has 2 rings (SSSR count). The molecule has 1 saturated carbocycles. The van der Waals surface area contributed by atoms with Gasteiger partial charge in [0, 0.05) is 6.20 Å². The van der Waals surface area contributed by atoms with Gasteiger partial charge in [-0.3, -0.25) is 0 Å². The Morgan fingerprint density at radius 2 is 2.00 bits per heavy atom. The van der Waals surface area contributed by atoms with Gasteiger partial charge in [0.2, 0.25) is 10.0 Å².